The number of carbonyl (C=O) groups excluding carboxylic acids is 1. The highest BCUT2D eigenvalue weighted by atomic mass is 16.5. The lowest BCUT2D eigenvalue weighted by Gasteiger charge is -2.17. The first kappa shape index (κ1) is 13.3. The summed E-state index contributed by atoms with van der Waals surface area (Å²) in [4.78, 5) is 10.4. The van der Waals surface area contributed by atoms with E-state index in [1.54, 1.807) is 12.1 Å². The summed E-state index contributed by atoms with van der Waals surface area (Å²) in [5, 5.41) is 12.4. The molecule has 0 radical (unpaired) electrons. The van der Waals surface area contributed by atoms with Gasteiger partial charge in [-0.1, -0.05) is 19.1 Å². The smallest absolute Gasteiger partial charge is 0.404 e. The third-order valence-electron chi connectivity index (χ3n) is 2.44. The van der Waals surface area contributed by atoms with E-state index in [9.17, 15) is 9.90 Å². The highest BCUT2D eigenvalue weighted by molar-refractivity contribution is 5.64. The number of phenolic OH excluding ortho intramolecular Hbond substituents is 1. The van der Waals surface area contributed by atoms with Gasteiger partial charge in [-0.3, -0.25) is 0 Å². The van der Waals surface area contributed by atoms with Gasteiger partial charge in [0.05, 0.1) is 0 Å². The summed E-state index contributed by atoms with van der Waals surface area (Å²) in [7, 11) is 0. The fraction of sp³-hybridized carbons (Fsp3) is 0.417. The Kier molecular flexibility index (Phi) is 5.29. The second-order valence-electron chi connectivity index (χ2n) is 3.67. The molecule has 0 heterocycles. The van der Waals surface area contributed by atoms with Gasteiger partial charge in [-0.15, -0.1) is 0 Å². The van der Waals surface area contributed by atoms with Crippen LogP contribution in [0.15, 0.2) is 24.3 Å². The molecule has 1 unspecified atom stereocenters. The Morgan fingerprint density at radius 2 is 2.12 bits per heavy atom. The summed E-state index contributed by atoms with van der Waals surface area (Å²) in [6.45, 7) is 2.85. The van der Waals surface area contributed by atoms with E-state index in [0.717, 1.165) is 12.0 Å². The monoisotopic (exact) mass is 238 g/mol. The average Bonchev–Trinajstić information content (AvgIpc) is 2.30. The number of aromatic hydroxyl groups is 1. The highest BCUT2D eigenvalue weighted by Crippen LogP contribution is 2.19. The molecular weight excluding hydrogens is 220 g/mol. The maximum Gasteiger partial charge on any atom is 0.404 e. The molecule has 0 aliphatic heterocycles. The number of ether oxygens (including phenoxy) is 1. The van der Waals surface area contributed by atoms with Gasteiger partial charge in [-0.2, -0.15) is 0 Å². The third kappa shape index (κ3) is 4.74. The number of hydrogen-bond acceptors (Lipinski definition) is 4. The minimum atomic E-state index is -0.760. The average molecular weight is 238 g/mol. The first-order valence-corrected chi connectivity index (χ1v) is 5.58. The van der Waals surface area contributed by atoms with E-state index >= 15 is 0 Å². The standard InChI is InChI=1S/C12H18N2O3/c1-2-11(14-7-8-17-12(13)16)9-3-5-10(15)6-4-9/h3-6,11,14-15H,2,7-8H2,1H3,(H2,13,16). The predicted octanol–water partition coefficient (Wildman–Crippen LogP) is 1.53. The number of nitrogens with two attached hydrogens (primary N) is 1. The normalized spacial score (nSPS) is 12.1. The van der Waals surface area contributed by atoms with Crippen molar-refractivity contribution in [1.82, 2.24) is 5.32 Å². The van der Waals surface area contributed by atoms with Crippen LogP contribution in [0.2, 0.25) is 0 Å². The summed E-state index contributed by atoms with van der Waals surface area (Å²) in [5.41, 5.74) is 5.94. The zero-order valence-electron chi connectivity index (χ0n) is 9.85. The number of benzene rings is 1. The fourth-order valence-electron chi connectivity index (χ4n) is 1.59. The number of nitrogens with one attached hydrogen (secondary N) is 1. The molecule has 0 fully saturated rings. The van der Waals surface area contributed by atoms with Crippen LogP contribution in [0.1, 0.15) is 24.9 Å². The Labute approximate surface area is 101 Å². The van der Waals surface area contributed by atoms with Crippen LogP contribution >= 0.6 is 0 Å². The molecule has 1 aromatic rings. The van der Waals surface area contributed by atoms with E-state index < -0.39 is 6.09 Å². The molecule has 0 aliphatic carbocycles. The SMILES string of the molecule is CCC(NCCOC(N)=O)c1ccc(O)cc1. The minimum absolute atomic E-state index is 0.173. The number of amides is 1. The van der Waals surface area contributed by atoms with Gasteiger partial charge in [-0.25, -0.2) is 4.79 Å². The van der Waals surface area contributed by atoms with Crippen molar-refractivity contribution in [2.75, 3.05) is 13.2 Å². The molecule has 17 heavy (non-hydrogen) atoms. The van der Waals surface area contributed by atoms with Crippen LogP contribution in [-0.4, -0.2) is 24.4 Å². The lowest BCUT2D eigenvalue weighted by Crippen LogP contribution is -2.27. The van der Waals surface area contributed by atoms with Crippen molar-refractivity contribution in [3.05, 3.63) is 29.8 Å². The van der Waals surface area contributed by atoms with Crippen LogP contribution in [-0.2, 0) is 4.74 Å². The Balaban J connectivity index is 2.43. The second-order valence-corrected chi connectivity index (χ2v) is 3.67. The van der Waals surface area contributed by atoms with Crippen LogP contribution in [0.25, 0.3) is 0 Å². The van der Waals surface area contributed by atoms with Gasteiger partial charge in [0.15, 0.2) is 0 Å². The largest absolute Gasteiger partial charge is 0.508 e. The van der Waals surface area contributed by atoms with Crippen molar-refractivity contribution in [3.63, 3.8) is 0 Å². The van der Waals surface area contributed by atoms with E-state index in [-0.39, 0.29) is 18.4 Å². The highest BCUT2D eigenvalue weighted by Gasteiger charge is 2.08. The van der Waals surface area contributed by atoms with Crippen molar-refractivity contribution < 1.29 is 14.6 Å². The van der Waals surface area contributed by atoms with Gasteiger partial charge in [0.1, 0.15) is 12.4 Å². The molecular formula is C12H18N2O3. The number of primary amides is 1. The third-order valence-corrected chi connectivity index (χ3v) is 2.44. The molecule has 4 N–H and O–H groups in total. The van der Waals surface area contributed by atoms with E-state index in [2.05, 4.69) is 17.0 Å². The fourth-order valence-corrected chi connectivity index (χ4v) is 1.59. The zero-order chi connectivity index (χ0) is 12.7. The predicted molar refractivity (Wildman–Crippen MR) is 64.7 cm³/mol. The molecule has 5 heteroatoms. The maximum atomic E-state index is 10.4. The molecule has 5 nitrogen and oxygen atoms in total. The maximum absolute atomic E-state index is 10.4. The van der Waals surface area contributed by atoms with Crippen LogP contribution in [0.5, 0.6) is 5.75 Å². The Morgan fingerprint density at radius 3 is 2.65 bits per heavy atom. The molecule has 0 aliphatic rings. The molecule has 0 spiro atoms. The van der Waals surface area contributed by atoms with Crippen LogP contribution in [0.3, 0.4) is 0 Å². The lowest BCUT2D eigenvalue weighted by molar-refractivity contribution is 0.156. The number of hydrogen-bond donors (Lipinski definition) is 3. The molecule has 1 amide bonds. The molecule has 1 atom stereocenters. The van der Waals surface area contributed by atoms with Crippen molar-refractivity contribution in [2.45, 2.75) is 19.4 Å². The van der Waals surface area contributed by atoms with Gasteiger partial charge in [0, 0.05) is 12.6 Å². The molecule has 0 saturated heterocycles. The second kappa shape index (κ2) is 6.75. The summed E-state index contributed by atoms with van der Waals surface area (Å²) < 4.78 is 4.63. The van der Waals surface area contributed by atoms with Gasteiger partial charge in [0.2, 0.25) is 0 Å². The van der Waals surface area contributed by atoms with Gasteiger partial charge in [-0.05, 0) is 24.1 Å². The topological polar surface area (TPSA) is 84.6 Å². The number of phenols is 1. The zero-order valence-corrected chi connectivity index (χ0v) is 9.85. The van der Waals surface area contributed by atoms with Crippen LogP contribution in [0, 0.1) is 0 Å². The van der Waals surface area contributed by atoms with Gasteiger partial charge >= 0.3 is 6.09 Å². The van der Waals surface area contributed by atoms with E-state index in [1.807, 2.05) is 12.1 Å². The van der Waals surface area contributed by atoms with Crippen molar-refractivity contribution in [3.8, 4) is 5.75 Å². The van der Waals surface area contributed by atoms with E-state index in [4.69, 9.17) is 5.73 Å². The van der Waals surface area contributed by atoms with E-state index in [0.29, 0.717) is 6.54 Å². The van der Waals surface area contributed by atoms with Crippen LogP contribution < -0.4 is 11.1 Å². The summed E-state index contributed by atoms with van der Waals surface area (Å²) in [6, 6.07) is 7.21. The van der Waals surface area contributed by atoms with Crippen molar-refractivity contribution in [1.29, 1.82) is 0 Å². The molecule has 94 valence electrons. The van der Waals surface area contributed by atoms with Crippen LogP contribution in [0.4, 0.5) is 4.79 Å². The first-order valence-electron chi connectivity index (χ1n) is 5.58. The Hall–Kier alpha value is -1.75. The minimum Gasteiger partial charge on any atom is -0.508 e. The molecule has 0 aromatic heterocycles. The Morgan fingerprint density at radius 1 is 1.47 bits per heavy atom. The summed E-state index contributed by atoms with van der Waals surface area (Å²) in [6.07, 6.45) is 0.144. The first-order chi connectivity index (χ1) is 8.13. The summed E-state index contributed by atoms with van der Waals surface area (Å²) >= 11 is 0. The van der Waals surface area contributed by atoms with Crippen molar-refractivity contribution in [2.24, 2.45) is 5.73 Å². The van der Waals surface area contributed by atoms with Crippen molar-refractivity contribution >= 4 is 6.09 Å². The Bertz CT molecular complexity index is 351. The molecule has 0 saturated carbocycles. The molecule has 0 bridgehead atoms. The van der Waals surface area contributed by atoms with Gasteiger partial charge in [0.25, 0.3) is 0 Å². The molecule has 1 rings (SSSR count). The summed E-state index contributed by atoms with van der Waals surface area (Å²) in [5.74, 6) is 0.251. The lowest BCUT2D eigenvalue weighted by atomic mass is 10.0. The quantitative estimate of drug-likeness (QED) is 0.656. The number of rotatable bonds is 6. The van der Waals surface area contributed by atoms with Gasteiger partial charge < -0.3 is 20.9 Å². The van der Waals surface area contributed by atoms with E-state index in [1.165, 1.54) is 0 Å². The number of carbonyl (C=O) groups is 1. The molecule has 1 aromatic carbocycles.